The van der Waals surface area contributed by atoms with E-state index in [9.17, 15) is 9.50 Å². The van der Waals surface area contributed by atoms with E-state index in [4.69, 9.17) is 5.11 Å². The van der Waals surface area contributed by atoms with Gasteiger partial charge in [-0.25, -0.2) is 8.70 Å². The van der Waals surface area contributed by atoms with Crippen molar-refractivity contribution in [2.24, 2.45) is 0 Å². The van der Waals surface area contributed by atoms with Crippen molar-refractivity contribution in [2.75, 3.05) is 13.2 Å². The number of benzene rings is 2. The van der Waals surface area contributed by atoms with Gasteiger partial charge >= 0.3 is 0 Å². The molecule has 25 heavy (non-hydrogen) atoms. The third-order valence-electron chi connectivity index (χ3n) is 4.66. The van der Waals surface area contributed by atoms with E-state index in [0.717, 1.165) is 26.9 Å². The topological polar surface area (TPSA) is 59.5 Å². The molecule has 0 aliphatic carbocycles. The highest BCUT2D eigenvalue weighted by molar-refractivity contribution is 7.97. The Hall–Kier alpha value is -1.86. The fraction of sp³-hybridized carbons (Fsp3) is 0.263. The normalized spacial score (nSPS) is 18.6. The van der Waals surface area contributed by atoms with Crippen LogP contribution >= 0.6 is 11.9 Å². The second-order valence-electron chi connectivity index (χ2n) is 6.35. The van der Waals surface area contributed by atoms with Gasteiger partial charge in [-0.05, 0) is 60.3 Å². The molecule has 0 radical (unpaired) electrons. The van der Waals surface area contributed by atoms with Gasteiger partial charge in [0.2, 0.25) is 0 Å². The molecule has 6 heteroatoms. The molecule has 4 nitrogen and oxygen atoms in total. The molecule has 1 aliphatic heterocycles. The van der Waals surface area contributed by atoms with Crippen molar-refractivity contribution >= 4 is 22.9 Å². The van der Waals surface area contributed by atoms with E-state index in [2.05, 4.69) is 34.4 Å². The molecule has 130 valence electrons. The van der Waals surface area contributed by atoms with Crippen LogP contribution in [0.4, 0.5) is 4.39 Å². The maximum absolute atomic E-state index is 13.4. The molecule has 3 N–H and O–H groups in total. The minimum Gasteiger partial charge on any atom is -0.394 e. The number of hydrogen-bond donors (Lipinski definition) is 3. The van der Waals surface area contributed by atoms with Gasteiger partial charge in [-0.1, -0.05) is 6.07 Å². The van der Waals surface area contributed by atoms with Gasteiger partial charge in [0, 0.05) is 40.1 Å². The molecule has 1 unspecified atom stereocenters. The molecule has 0 spiro atoms. The summed E-state index contributed by atoms with van der Waals surface area (Å²) in [4.78, 5) is 4.29. The Morgan fingerprint density at radius 3 is 2.92 bits per heavy atom. The number of nitrogens with zero attached hydrogens (tertiary/aromatic N) is 1. The summed E-state index contributed by atoms with van der Waals surface area (Å²) >= 11 is 1.60. The van der Waals surface area contributed by atoms with E-state index in [1.165, 1.54) is 17.7 Å². The van der Waals surface area contributed by atoms with Crippen LogP contribution in [0.3, 0.4) is 0 Å². The van der Waals surface area contributed by atoms with Gasteiger partial charge in [-0.3, -0.25) is 0 Å². The molecule has 0 fully saturated rings. The molecular weight excluding hydrogens is 339 g/mol. The number of nitrogens with one attached hydrogen (secondary N) is 1. The average Bonchev–Trinajstić information content (AvgIpc) is 3.16. The highest BCUT2D eigenvalue weighted by Gasteiger charge is 2.29. The number of hydrogen-bond acceptors (Lipinski definition) is 4. The van der Waals surface area contributed by atoms with Gasteiger partial charge in [0.1, 0.15) is 5.82 Å². The molecule has 2 atom stereocenters. The fourth-order valence-corrected chi connectivity index (χ4v) is 4.52. The van der Waals surface area contributed by atoms with E-state index in [1.807, 2.05) is 6.20 Å². The Morgan fingerprint density at radius 2 is 2.12 bits per heavy atom. The zero-order valence-corrected chi connectivity index (χ0v) is 14.6. The summed E-state index contributed by atoms with van der Waals surface area (Å²) < 4.78 is 15.5. The molecule has 1 aliphatic rings. The summed E-state index contributed by atoms with van der Waals surface area (Å²) in [5.74, 6) is -0.252. The number of β-amino-alcohol motifs (C(OH)–C–C–N with tert-alkyl or cyclic N) is 1. The minimum absolute atomic E-state index is 0.142. The molecule has 4 rings (SSSR count). The second-order valence-corrected chi connectivity index (χ2v) is 7.44. The van der Waals surface area contributed by atoms with E-state index in [0.29, 0.717) is 6.54 Å². The van der Waals surface area contributed by atoms with Crippen LogP contribution < -0.4 is 0 Å². The van der Waals surface area contributed by atoms with Gasteiger partial charge in [0.05, 0.1) is 12.7 Å². The third-order valence-corrected chi connectivity index (χ3v) is 5.93. The number of aliphatic hydroxyl groups excluding tert-OH is 2. The molecule has 0 amide bonds. The van der Waals surface area contributed by atoms with Crippen molar-refractivity contribution in [3.05, 3.63) is 54.0 Å². The Morgan fingerprint density at radius 1 is 1.28 bits per heavy atom. The van der Waals surface area contributed by atoms with Crippen molar-refractivity contribution < 1.29 is 14.6 Å². The molecule has 0 saturated carbocycles. The Kier molecular flexibility index (Phi) is 4.29. The van der Waals surface area contributed by atoms with Crippen LogP contribution in [0.1, 0.15) is 18.5 Å². The predicted molar refractivity (Wildman–Crippen MR) is 97.8 cm³/mol. The van der Waals surface area contributed by atoms with Crippen LogP contribution in [0.25, 0.3) is 22.0 Å². The summed E-state index contributed by atoms with van der Waals surface area (Å²) in [6, 6.07) is 11.2. The summed E-state index contributed by atoms with van der Waals surface area (Å²) in [6.07, 6.45) is 1.17. The predicted octanol–water partition coefficient (Wildman–Crippen LogP) is 3.71. The first-order valence-electron chi connectivity index (χ1n) is 8.21. The van der Waals surface area contributed by atoms with E-state index in [1.54, 1.807) is 18.0 Å². The summed E-state index contributed by atoms with van der Waals surface area (Å²) in [6.45, 7) is 2.27. The van der Waals surface area contributed by atoms with Crippen LogP contribution in [0.2, 0.25) is 0 Å². The lowest BCUT2D eigenvalue weighted by molar-refractivity contribution is 0.0760. The number of rotatable bonds is 4. The Balaban J connectivity index is 1.69. The average molecular weight is 358 g/mol. The van der Waals surface area contributed by atoms with Crippen molar-refractivity contribution in [2.45, 2.75) is 24.0 Å². The second kappa shape index (κ2) is 6.46. The number of H-pyrrole nitrogens is 1. The minimum atomic E-state index is -0.743. The van der Waals surface area contributed by atoms with E-state index >= 15 is 0 Å². The summed E-state index contributed by atoms with van der Waals surface area (Å²) in [7, 11) is 0. The lowest BCUT2D eigenvalue weighted by atomic mass is 9.99. The van der Waals surface area contributed by atoms with Crippen LogP contribution in [-0.4, -0.2) is 38.8 Å². The highest BCUT2D eigenvalue weighted by Crippen LogP contribution is 2.45. The number of fused-ring (bicyclic) bond motifs is 2. The Bertz CT molecular complexity index is 927. The lowest BCUT2D eigenvalue weighted by Crippen LogP contribution is -2.29. The monoisotopic (exact) mass is 358 g/mol. The van der Waals surface area contributed by atoms with Gasteiger partial charge in [-0.2, -0.15) is 0 Å². The van der Waals surface area contributed by atoms with Gasteiger partial charge in [0.15, 0.2) is 0 Å². The molecule has 2 aromatic carbocycles. The summed E-state index contributed by atoms with van der Waals surface area (Å²) in [5, 5.41) is 19.8. The first kappa shape index (κ1) is 16.6. The first-order valence-corrected chi connectivity index (χ1v) is 8.98. The van der Waals surface area contributed by atoms with Crippen LogP contribution in [-0.2, 0) is 0 Å². The van der Waals surface area contributed by atoms with Crippen LogP contribution in [0.15, 0.2) is 47.5 Å². The summed E-state index contributed by atoms with van der Waals surface area (Å²) in [5.41, 5.74) is 4.10. The Labute approximate surface area is 149 Å². The standard InChI is InChI=1S/C19H19FN2O2S/c1-11-16-6-12(2-5-19(16)25-22(11)9-14(24)10-23)17-8-21-18-7-13(20)3-4-15(17)18/h2-8,11,14,21,23-24H,9-10H2,1H3/t11?,14-/m0/s1. The van der Waals surface area contributed by atoms with Gasteiger partial charge in [-0.15, -0.1) is 0 Å². The van der Waals surface area contributed by atoms with Crippen molar-refractivity contribution in [1.29, 1.82) is 0 Å². The molecule has 3 aromatic rings. The molecule has 0 bridgehead atoms. The van der Waals surface area contributed by atoms with E-state index < -0.39 is 6.10 Å². The zero-order chi connectivity index (χ0) is 17.6. The molecular formula is C19H19FN2O2S. The fourth-order valence-electron chi connectivity index (χ4n) is 3.28. The highest BCUT2D eigenvalue weighted by atomic mass is 32.2. The largest absolute Gasteiger partial charge is 0.394 e. The van der Waals surface area contributed by atoms with Crippen molar-refractivity contribution in [1.82, 2.24) is 9.29 Å². The maximum atomic E-state index is 13.4. The van der Waals surface area contributed by atoms with Gasteiger partial charge < -0.3 is 15.2 Å². The van der Waals surface area contributed by atoms with Crippen LogP contribution in [0.5, 0.6) is 0 Å². The SMILES string of the molecule is CC1c2cc(-c3c[nH]c4cc(F)ccc34)ccc2SN1C[C@H](O)CO. The quantitative estimate of drug-likeness (QED) is 0.622. The molecule has 0 saturated heterocycles. The number of halogens is 1. The molecule has 1 aromatic heterocycles. The van der Waals surface area contributed by atoms with E-state index in [-0.39, 0.29) is 18.5 Å². The number of aromatic amines is 1. The smallest absolute Gasteiger partial charge is 0.125 e. The van der Waals surface area contributed by atoms with Crippen molar-refractivity contribution in [3.8, 4) is 11.1 Å². The van der Waals surface area contributed by atoms with Crippen LogP contribution in [0, 0.1) is 5.82 Å². The lowest BCUT2D eigenvalue weighted by Gasteiger charge is -2.22. The third kappa shape index (κ3) is 2.95. The van der Waals surface area contributed by atoms with Gasteiger partial charge in [0.25, 0.3) is 0 Å². The van der Waals surface area contributed by atoms with Crippen molar-refractivity contribution in [3.63, 3.8) is 0 Å². The zero-order valence-electron chi connectivity index (χ0n) is 13.7. The number of aliphatic hydroxyl groups is 2. The number of aromatic nitrogens is 1. The molecule has 2 heterocycles. The maximum Gasteiger partial charge on any atom is 0.125 e. The first-order chi connectivity index (χ1) is 12.1.